The monoisotopic (exact) mass is 312 g/mol. The molecule has 1 rings (SSSR count). The summed E-state index contributed by atoms with van der Waals surface area (Å²) < 4.78 is 19.1. The quantitative estimate of drug-likeness (QED) is 0.755. The van der Waals surface area contributed by atoms with E-state index in [2.05, 4.69) is 10.6 Å². The Hall–Kier alpha value is -1.82. The second kappa shape index (κ2) is 7.98. The second-order valence-corrected chi connectivity index (χ2v) is 6.36. The normalized spacial score (nSPS) is 14.1. The molecule has 0 spiro atoms. The summed E-state index contributed by atoms with van der Waals surface area (Å²) in [5.74, 6) is -0.281. The van der Waals surface area contributed by atoms with Crippen LogP contribution in [0.25, 0.3) is 0 Å². The van der Waals surface area contributed by atoms with Gasteiger partial charge in [-0.2, -0.15) is 0 Å². The number of carbonyl (C=O) groups excluding carboxylic acids is 1. The van der Waals surface area contributed by atoms with Gasteiger partial charge in [0.15, 0.2) is 11.6 Å². The molecule has 5 nitrogen and oxygen atoms in total. The van der Waals surface area contributed by atoms with E-state index in [9.17, 15) is 9.18 Å². The first-order chi connectivity index (χ1) is 10.2. The first-order valence-electron chi connectivity index (χ1n) is 7.29. The molecule has 0 saturated heterocycles. The Morgan fingerprint density at radius 1 is 1.32 bits per heavy atom. The highest BCUT2D eigenvalue weighted by Crippen LogP contribution is 2.22. The van der Waals surface area contributed by atoms with Crippen molar-refractivity contribution in [3.63, 3.8) is 0 Å². The lowest BCUT2D eigenvalue weighted by Gasteiger charge is -2.31. The zero-order valence-electron chi connectivity index (χ0n) is 13.5. The zero-order chi connectivity index (χ0) is 16.8. The summed E-state index contributed by atoms with van der Waals surface area (Å²) in [6, 6.07) is 5.09. The van der Waals surface area contributed by atoms with Crippen molar-refractivity contribution >= 4 is 6.03 Å². The van der Waals surface area contributed by atoms with E-state index in [1.165, 1.54) is 6.07 Å². The van der Waals surface area contributed by atoms with Crippen LogP contribution < -0.4 is 15.4 Å². The van der Waals surface area contributed by atoms with Crippen LogP contribution in [0.2, 0.25) is 0 Å². The van der Waals surface area contributed by atoms with Crippen LogP contribution in [0, 0.1) is 11.2 Å². The molecule has 1 aromatic carbocycles. The first kappa shape index (κ1) is 18.2. The maximum absolute atomic E-state index is 13.6. The molecule has 0 saturated carbocycles. The van der Waals surface area contributed by atoms with Crippen LogP contribution >= 0.6 is 0 Å². The largest absolute Gasteiger partial charge is 0.488 e. The van der Waals surface area contributed by atoms with Gasteiger partial charge in [-0.3, -0.25) is 0 Å². The average molecular weight is 312 g/mol. The van der Waals surface area contributed by atoms with Gasteiger partial charge in [0, 0.05) is 0 Å². The fourth-order valence-corrected chi connectivity index (χ4v) is 1.71. The van der Waals surface area contributed by atoms with Crippen LogP contribution in [0.5, 0.6) is 5.75 Å². The third kappa shape index (κ3) is 5.89. The van der Waals surface area contributed by atoms with Gasteiger partial charge >= 0.3 is 6.03 Å². The van der Waals surface area contributed by atoms with Gasteiger partial charge in [0.2, 0.25) is 0 Å². The van der Waals surface area contributed by atoms with E-state index in [-0.39, 0.29) is 36.5 Å². The molecule has 6 heteroatoms. The van der Waals surface area contributed by atoms with E-state index < -0.39 is 11.8 Å². The van der Waals surface area contributed by atoms with Gasteiger partial charge in [-0.1, -0.05) is 32.9 Å². The summed E-state index contributed by atoms with van der Waals surface area (Å²) in [5.41, 5.74) is -0.273. The number of hydrogen-bond donors (Lipinski definition) is 3. The minimum Gasteiger partial charge on any atom is -0.488 e. The minimum absolute atomic E-state index is 0.140. The SMILES string of the molecule is CC(CO)NC(=O)NC(COc1ccccc1F)C(C)(C)C. The van der Waals surface area contributed by atoms with Gasteiger partial charge in [-0.25, -0.2) is 9.18 Å². The summed E-state index contributed by atoms with van der Waals surface area (Å²) in [6.45, 7) is 7.57. The molecule has 0 aliphatic carbocycles. The number of para-hydroxylation sites is 1. The van der Waals surface area contributed by atoms with E-state index in [1.54, 1.807) is 25.1 Å². The standard InChI is InChI=1S/C16H25FN2O3/c1-11(9-20)18-15(21)19-14(16(2,3)4)10-22-13-8-6-5-7-12(13)17/h5-8,11,14,20H,9-10H2,1-4H3,(H2,18,19,21). The van der Waals surface area contributed by atoms with Crippen LogP contribution in [0.15, 0.2) is 24.3 Å². The molecule has 22 heavy (non-hydrogen) atoms. The molecule has 3 N–H and O–H groups in total. The fraction of sp³-hybridized carbons (Fsp3) is 0.562. The lowest BCUT2D eigenvalue weighted by molar-refractivity contribution is 0.164. The van der Waals surface area contributed by atoms with Crippen molar-refractivity contribution in [2.45, 2.75) is 39.8 Å². The smallest absolute Gasteiger partial charge is 0.315 e. The van der Waals surface area contributed by atoms with Crippen molar-refractivity contribution in [1.29, 1.82) is 0 Å². The molecule has 1 aromatic rings. The maximum atomic E-state index is 13.6. The lowest BCUT2D eigenvalue weighted by Crippen LogP contribution is -2.53. The topological polar surface area (TPSA) is 70.6 Å². The van der Waals surface area contributed by atoms with Gasteiger partial charge in [-0.15, -0.1) is 0 Å². The number of amides is 2. The van der Waals surface area contributed by atoms with E-state index in [4.69, 9.17) is 9.84 Å². The maximum Gasteiger partial charge on any atom is 0.315 e. The second-order valence-electron chi connectivity index (χ2n) is 6.36. The number of halogens is 1. The summed E-state index contributed by atoms with van der Waals surface area (Å²) in [7, 11) is 0. The summed E-state index contributed by atoms with van der Waals surface area (Å²) in [5, 5.41) is 14.4. The Morgan fingerprint density at radius 3 is 2.50 bits per heavy atom. The molecule has 124 valence electrons. The molecule has 2 atom stereocenters. The Balaban J connectivity index is 2.66. The minimum atomic E-state index is -0.437. The Kier molecular flexibility index (Phi) is 6.61. The van der Waals surface area contributed by atoms with Crippen LogP contribution in [0.3, 0.4) is 0 Å². The molecule has 0 aliphatic heterocycles. The number of carbonyl (C=O) groups is 1. The van der Waals surface area contributed by atoms with Gasteiger partial charge in [0.05, 0.1) is 18.7 Å². The third-order valence-electron chi connectivity index (χ3n) is 3.24. The molecule has 0 fully saturated rings. The Morgan fingerprint density at radius 2 is 1.95 bits per heavy atom. The van der Waals surface area contributed by atoms with E-state index in [0.29, 0.717) is 0 Å². The van der Waals surface area contributed by atoms with Crippen LogP contribution in [-0.2, 0) is 0 Å². The molecular formula is C16H25FN2O3. The third-order valence-corrected chi connectivity index (χ3v) is 3.24. The molecule has 0 bridgehead atoms. The predicted molar refractivity (Wildman–Crippen MR) is 83.4 cm³/mol. The van der Waals surface area contributed by atoms with Crippen molar-refractivity contribution in [2.75, 3.05) is 13.2 Å². The van der Waals surface area contributed by atoms with Gasteiger partial charge < -0.3 is 20.5 Å². The lowest BCUT2D eigenvalue weighted by atomic mass is 9.87. The number of ether oxygens (including phenoxy) is 1. The van der Waals surface area contributed by atoms with E-state index in [1.807, 2.05) is 20.8 Å². The number of benzene rings is 1. The molecule has 0 radical (unpaired) electrons. The molecule has 0 heterocycles. The zero-order valence-corrected chi connectivity index (χ0v) is 13.5. The number of urea groups is 1. The summed E-state index contributed by atoms with van der Waals surface area (Å²) >= 11 is 0. The van der Waals surface area contributed by atoms with E-state index in [0.717, 1.165) is 0 Å². The number of nitrogens with one attached hydrogen (secondary N) is 2. The number of aliphatic hydroxyl groups excluding tert-OH is 1. The highest BCUT2D eigenvalue weighted by atomic mass is 19.1. The number of rotatable bonds is 6. The Labute approximate surface area is 130 Å². The van der Waals surface area contributed by atoms with Crippen molar-refractivity contribution in [2.24, 2.45) is 5.41 Å². The van der Waals surface area contributed by atoms with Crippen LogP contribution in [0.1, 0.15) is 27.7 Å². The van der Waals surface area contributed by atoms with Crippen LogP contribution in [-0.4, -0.2) is 36.4 Å². The van der Waals surface area contributed by atoms with Crippen molar-refractivity contribution in [3.8, 4) is 5.75 Å². The van der Waals surface area contributed by atoms with Crippen LogP contribution in [0.4, 0.5) is 9.18 Å². The van der Waals surface area contributed by atoms with Crippen molar-refractivity contribution in [1.82, 2.24) is 10.6 Å². The summed E-state index contributed by atoms with van der Waals surface area (Å²) in [6.07, 6.45) is 0. The van der Waals surface area contributed by atoms with Crippen molar-refractivity contribution in [3.05, 3.63) is 30.1 Å². The Bertz CT molecular complexity index is 489. The summed E-state index contributed by atoms with van der Waals surface area (Å²) in [4.78, 5) is 11.9. The highest BCUT2D eigenvalue weighted by Gasteiger charge is 2.27. The average Bonchev–Trinajstić information content (AvgIpc) is 2.43. The first-order valence-corrected chi connectivity index (χ1v) is 7.29. The number of hydrogen-bond acceptors (Lipinski definition) is 3. The fourth-order valence-electron chi connectivity index (χ4n) is 1.71. The molecule has 0 aliphatic rings. The van der Waals surface area contributed by atoms with Gasteiger partial charge in [-0.05, 0) is 24.5 Å². The van der Waals surface area contributed by atoms with Gasteiger partial charge in [0.1, 0.15) is 6.61 Å². The molecule has 2 unspecified atom stereocenters. The van der Waals surface area contributed by atoms with Crippen molar-refractivity contribution < 1.29 is 19.0 Å². The molecule has 0 aromatic heterocycles. The highest BCUT2D eigenvalue weighted by molar-refractivity contribution is 5.74. The molecule has 2 amide bonds. The van der Waals surface area contributed by atoms with E-state index >= 15 is 0 Å². The van der Waals surface area contributed by atoms with Gasteiger partial charge in [0.25, 0.3) is 0 Å². The molecular weight excluding hydrogens is 287 g/mol. The predicted octanol–water partition coefficient (Wildman–Crippen LogP) is 2.30. The number of aliphatic hydroxyl groups is 1.